The number of nitrogens with zero attached hydrogens (tertiary/aromatic N) is 1. The van der Waals surface area contributed by atoms with E-state index in [1.165, 1.54) is 16.0 Å². The molecule has 2 aliphatic carbocycles. The zero-order valence-corrected chi connectivity index (χ0v) is 20.6. The largest absolute Gasteiger partial charge is 0.480 e. The molecular weight excluding hydrogens is 444 g/mol. The molecule has 0 aliphatic heterocycles. The van der Waals surface area contributed by atoms with Gasteiger partial charge in [0.15, 0.2) is 0 Å². The lowest BCUT2D eigenvalue weighted by Gasteiger charge is -2.37. The van der Waals surface area contributed by atoms with E-state index < -0.39 is 17.6 Å². The molecule has 2 N–H and O–H groups in total. The fourth-order valence-corrected chi connectivity index (χ4v) is 5.61. The second kappa shape index (κ2) is 10.1. The Balaban J connectivity index is 1.35. The van der Waals surface area contributed by atoms with Crippen LogP contribution in [0.5, 0.6) is 0 Å². The van der Waals surface area contributed by atoms with Gasteiger partial charge in [0.25, 0.3) is 0 Å². The van der Waals surface area contributed by atoms with Crippen molar-refractivity contribution in [1.82, 2.24) is 10.2 Å². The van der Waals surface area contributed by atoms with Crippen molar-refractivity contribution < 1.29 is 24.2 Å². The molecular formula is C28H34N2O5. The smallest absolute Gasteiger partial charge is 0.407 e. The topological polar surface area (TPSA) is 95.9 Å². The van der Waals surface area contributed by atoms with Crippen molar-refractivity contribution in [3.8, 4) is 11.1 Å². The quantitative estimate of drug-likeness (QED) is 0.576. The number of nitrogens with one attached hydrogen (secondary N) is 1. The highest BCUT2D eigenvalue weighted by molar-refractivity contribution is 5.88. The van der Waals surface area contributed by atoms with Crippen LogP contribution in [0.25, 0.3) is 11.1 Å². The van der Waals surface area contributed by atoms with E-state index in [2.05, 4.69) is 29.6 Å². The Labute approximate surface area is 206 Å². The lowest BCUT2D eigenvalue weighted by molar-refractivity contribution is -0.159. The van der Waals surface area contributed by atoms with Crippen LogP contribution in [-0.4, -0.2) is 53.2 Å². The van der Waals surface area contributed by atoms with Crippen LogP contribution < -0.4 is 5.32 Å². The van der Waals surface area contributed by atoms with Gasteiger partial charge < -0.3 is 20.1 Å². The Morgan fingerprint density at radius 3 is 2.20 bits per heavy atom. The highest BCUT2D eigenvalue weighted by atomic mass is 16.5. The van der Waals surface area contributed by atoms with Crippen LogP contribution in [0.15, 0.2) is 48.5 Å². The van der Waals surface area contributed by atoms with Crippen molar-refractivity contribution in [2.45, 2.75) is 51.5 Å². The average molecular weight is 479 g/mol. The minimum Gasteiger partial charge on any atom is -0.480 e. The molecule has 0 heterocycles. The summed E-state index contributed by atoms with van der Waals surface area (Å²) in [6.45, 7) is 5.79. The predicted octanol–water partition coefficient (Wildman–Crippen LogP) is 4.65. The molecule has 4 rings (SSSR count). The lowest BCUT2D eigenvalue weighted by atomic mass is 9.92. The summed E-state index contributed by atoms with van der Waals surface area (Å²) < 4.78 is 5.63. The standard InChI is InChI=1S/C28H34N2O5/c1-4-30(28(2,3)26(32)33)25(31)19-15-9-10-18(19)16-29-27(34)35-17-24-22-13-7-5-11-20(22)21-12-6-8-14-23(21)24/h5-8,11-14,18-19,24H,4,9-10,15-17H2,1-3H3,(H,29,34)(H,32,33)/t18-,19-/m0/s1. The Bertz CT molecular complexity index is 1070. The summed E-state index contributed by atoms with van der Waals surface area (Å²) in [6, 6.07) is 16.4. The number of benzene rings is 2. The van der Waals surface area contributed by atoms with Crippen molar-refractivity contribution in [2.24, 2.45) is 11.8 Å². The molecule has 35 heavy (non-hydrogen) atoms. The lowest BCUT2D eigenvalue weighted by Crippen LogP contribution is -2.55. The van der Waals surface area contributed by atoms with E-state index in [1.54, 1.807) is 20.8 Å². The Hall–Kier alpha value is -3.35. The first kappa shape index (κ1) is 24.8. The number of carboxylic acids is 1. The zero-order chi connectivity index (χ0) is 25.2. The van der Waals surface area contributed by atoms with E-state index in [4.69, 9.17) is 4.74 Å². The second-order valence-corrected chi connectivity index (χ2v) is 9.95. The fourth-order valence-electron chi connectivity index (χ4n) is 5.61. The van der Waals surface area contributed by atoms with Gasteiger partial charge in [-0.15, -0.1) is 0 Å². The normalized spacial score (nSPS) is 19.1. The Kier molecular flexibility index (Phi) is 7.15. The monoisotopic (exact) mass is 478 g/mol. The van der Waals surface area contributed by atoms with E-state index in [-0.39, 0.29) is 30.3 Å². The van der Waals surface area contributed by atoms with E-state index >= 15 is 0 Å². The second-order valence-electron chi connectivity index (χ2n) is 9.95. The molecule has 7 heteroatoms. The van der Waals surface area contributed by atoms with Crippen LogP contribution in [0.1, 0.15) is 57.1 Å². The van der Waals surface area contributed by atoms with E-state index in [1.807, 2.05) is 24.3 Å². The van der Waals surface area contributed by atoms with Gasteiger partial charge in [0.2, 0.25) is 5.91 Å². The molecule has 1 fully saturated rings. The van der Waals surface area contributed by atoms with Crippen LogP contribution >= 0.6 is 0 Å². The molecule has 0 aromatic heterocycles. The molecule has 2 amide bonds. The van der Waals surface area contributed by atoms with Gasteiger partial charge in [0.05, 0.1) is 0 Å². The van der Waals surface area contributed by atoms with Crippen LogP contribution in [0.4, 0.5) is 4.79 Å². The first-order valence-corrected chi connectivity index (χ1v) is 12.4. The van der Waals surface area contributed by atoms with Crippen LogP contribution in [0.3, 0.4) is 0 Å². The van der Waals surface area contributed by atoms with Gasteiger partial charge in [-0.1, -0.05) is 55.0 Å². The summed E-state index contributed by atoms with van der Waals surface area (Å²) in [7, 11) is 0. The van der Waals surface area contributed by atoms with Crippen molar-refractivity contribution in [3.63, 3.8) is 0 Å². The van der Waals surface area contributed by atoms with Crippen molar-refractivity contribution in [3.05, 3.63) is 59.7 Å². The van der Waals surface area contributed by atoms with Gasteiger partial charge in [0, 0.05) is 24.9 Å². The molecule has 0 radical (unpaired) electrons. The highest BCUT2D eigenvalue weighted by Crippen LogP contribution is 2.44. The molecule has 186 valence electrons. The molecule has 0 unspecified atom stereocenters. The first-order valence-electron chi connectivity index (χ1n) is 12.4. The maximum atomic E-state index is 13.2. The molecule has 0 saturated heterocycles. The number of carboxylic acid groups (broad SMARTS) is 1. The van der Waals surface area contributed by atoms with Gasteiger partial charge in [-0.3, -0.25) is 4.79 Å². The fraction of sp³-hybridized carbons (Fsp3) is 0.464. The van der Waals surface area contributed by atoms with Crippen LogP contribution in [0, 0.1) is 11.8 Å². The summed E-state index contributed by atoms with van der Waals surface area (Å²) in [5.41, 5.74) is 3.38. The van der Waals surface area contributed by atoms with Gasteiger partial charge in [-0.25, -0.2) is 9.59 Å². The van der Waals surface area contributed by atoms with Crippen LogP contribution in [-0.2, 0) is 14.3 Å². The van der Waals surface area contributed by atoms with Gasteiger partial charge in [-0.2, -0.15) is 0 Å². The highest BCUT2D eigenvalue weighted by Gasteiger charge is 2.43. The molecule has 0 bridgehead atoms. The average Bonchev–Trinajstić information content (AvgIpc) is 3.44. The van der Waals surface area contributed by atoms with Gasteiger partial charge in [-0.05, 0) is 61.8 Å². The number of likely N-dealkylation sites (N-methyl/N-ethyl adjacent to an activating group) is 1. The molecule has 2 aromatic carbocycles. The predicted molar refractivity (Wildman–Crippen MR) is 133 cm³/mol. The maximum absolute atomic E-state index is 13.2. The third-order valence-corrected chi connectivity index (χ3v) is 7.61. The van der Waals surface area contributed by atoms with Crippen molar-refractivity contribution in [2.75, 3.05) is 19.7 Å². The number of ether oxygens (including phenoxy) is 1. The number of carbonyl (C=O) groups excluding carboxylic acids is 2. The number of carbonyl (C=O) groups is 3. The molecule has 1 saturated carbocycles. The first-order chi connectivity index (χ1) is 16.8. The summed E-state index contributed by atoms with van der Waals surface area (Å²) in [6.07, 6.45) is 1.88. The number of aliphatic carboxylic acids is 1. The minimum atomic E-state index is -1.28. The molecule has 2 atom stereocenters. The third-order valence-electron chi connectivity index (χ3n) is 7.61. The summed E-state index contributed by atoms with van der Waals surface area (Å²) >= 11 is 0. The molecule has 2 aromatic rings. The van der Waals surface area contributed by atoms with E-state index in [0.717, 1.165) is 24.0 Å². The SMILES string of the molecule is CCN(C(=O)[C@H]1CCC[C@H]1CNC(=O)OCC1c2ccccc2-c2ccccc21)C(C)(C)C(=O)O. The number of fused-ring (bicyclic) bond motifs is 3. The van der Waals surface area contributed by atoms with Crippen molar-refractivity contribution in [1.29, 1.82) is 0 Å². The number of rotatable bonds is 8. The molecule has 0 spiro atoms. The zero-order valence-electron chi connectivity index (χ0n) is 20.6. The maximum Gasteiger partial charge on any atom is 0.407 e. The van der Waals surface area contributed by atoms with Gasteiger partial charge in [0.1, 0.15) is 12.1 Å². The van der Waals surface area contributed by atoms with Crippen molar-refractivity contribution >= 4 is 18.0 Å². The molecule has 2 aliphatic rings. The summed E-state index contributed by atoms with van der Waals surface area (Å²) in [5, 5.41) is 12.4. The Morgan fingerprint density at radius 1 is 1.03 bits per heavy atom. The number of hydrogen-bond acceptors (Lipinski definition) is 4. The van der Waals surface area contributed by atoms with Gasteiger partial charge >= 0.3 is 12.1 Å². The summed E-state index contributed by atoms with van der Waals surface area (Å²) in [5.74, 6) is -1.54. The number of amides is 2. The van der Waals surface area contributed by atoms with Crippen LogP contribution in [0.2, 0.25) is 0 Å². The summed E-state index contributed by atoms with van der Waals surface area (Å²) in [4.78, 5) is 39.0. The number of hydrogen-bond donors (Lipinski definition) is 2. The minimum absolute atomic E-state index is 0.00896. The van der Waals surface area contributed by atoms with E-state index in [0.29, 0.717) is 19.5 Å². The van der Waals surface area contributed by atoms with E-state index in [9.17, 15) is 19.5 Å². The molecule has 7 nitrogen and oxygen atoms in total. The third kappa shape index (κ3) is 4.77. The number of alkyl carbamates (subject to hydrolysis) is 1. The Morgan fingerprint density at radius 2 is 1.63 bits per heavy atom.